The predicted octanol–water partition coefficient (Wildman–Crippen LogP) is 3.37. The fourth-order valence-electron chi connectivity index (χ4n) is 4.64. The number of nitrogens with one attached hydrogen (secondary N) is 1. The molecule has 0 atom stereocenters. The Hall–Kier alpha value is -2.19. The highest BCUT2D eigenvalue weighted by atomic mass is 32.2. The molecule has 0 saturated heterocycles. The van der Waals surface area contributed by atoms with Crippen LogP contribution in [0, 0.1) is 0 Å². The van der Waals surface area contributed by atoms with Crippen LogP contribution in [0.15, 0.2) is 24.3 Å². The van der Waals surface area contributed by atoms with Crippen molar-refractivity contribution in [2.24, 2.45) is 0 Å². The number of aromatic nitrogens is 3. The van der Waals surface area contributed by atoms with E-state index < -0.39 is 15.6 Å². The van der Waals surface area contributed by atoms with Crippen molar-refractivity contribution in [3.8, 4) is 0 Å². The smallest absolute Gasteiger partial charge is 0.209 e. The third kappa shape index (κ3) is 3.96. The highest BCUT2D eigenvalue weighted by molar-refractivity contribution is 7.88. The third-order valence-corrected chi connectivity index (χ3v) is 6.67. The molecule has 4 rings (SSSR count). The number of fused-ring (bicyclic) bond motifs is 3. The van der Waals surface area contributed by atoms with Crippen molar-refractivity contribution in [1.82, 2.24) is 19.3 Å². The van der Waals surface area contributed by atoms with Gasteiger partial charge in [0, 0.05) is 18.4 Å². The van der Waals surface area contributed by atoms with Crippen molar-refractivity contribution >= 4 is 37.8 Å². The van der Waals surface area contributed by atoms with Crippen LogP contribution in [0.1, 0.15) is 51.3 Å². The van der Waals surface area contributed by atoms with Gasteiger partial charge in [0.25, 0.3) is 0 Å². The van der Waals surface area contributed by atoms with Gasteiger partial charge in [-0.05, 0) is 25.3 Å². The van der Waals surface area contributed by atoms with Crippen molar-refractivity contribution in [2.75, 3.05) is 12.0 Å². The molecule has 29 heavy (non-hydrogen) atoms. The molecule has 156 valence electrons. The number of hydrogen-bond acceptors (Lipinski definition) is 5. The summed E-state index contributed by atoms with van der Waals surface area (Å²) in [6, 6.07) is 7.93. The molecule has 1 fully saturated rings. The largest absolute Gasteiger partial charge is 0.382 e. The maximum Gasteiger partial charge on any atom is 0.209 e. The average Bonchev–Trinajstić information content (AvgIpc) is 3.24. The molecule has 1 saturated carbocycles. The summed E-state index contributed by atoms with van der Waals surface area (Å²) in [4.78, 5) is 9.41. The number of benzene rings is 1. The minimum absolute atomic E-state index is 0.423. The highest BCUT2D eigenvalue weighted by Gasteiger charge is 2.38. The zero-order valence-corrected chi connectivity index (χ0v) is 17.9. The lowest BCUT2D eigenvalue weighted by Gasteiger charge is -2.31. The number of pyridine rings is 1. The fraction of sp³-hybridized carbons (Fsp3) is 0.524. The van der Waals surface area contributed by atoms with Crippen molar-refractivity contribution in [3.05, 3.63) is 30.1 Å². The van der Waals surface area contributed by atoms with E-state index in [-0.39, 0.29) is 0 Å². The summed E-state index contributed by atoms with van der Waals surface area (Å²) in [5.74, 6) is 1.38. The monoisotopic (exact) mass is 415 g/mol. The van der Waals surface area contributed by atoms with Crippen LogP contribution in [0.3, 0.4) is 0 Å². The third-order valence-electron chi connectivity index (χ3n) is 5.87. The fourth-order valence-corrected chi connectivity index (χ4v) is 5.70. The number of aryl methyl sites for hydroxylation is 1. The lowest BCUT2D eigenvalue weighted by atomic mass is 9.98. The van der Waals surface area contributed by atoms with Crippen LogP contribution in [0.25, 0.3) is 21.9 Å². The van der Waals surface area contributed by atoms with Crippen molar-refractivity contribution in [1.29, 1.82) is 0 Å². The van der Waals surface area contributed by atoms with Gasteiger partial charge in [-0.25, -0.2) is 23.1 Å². The van der Waals surface area contributed by atoms with E-state index in [1.165, 1.54) is 6.26 Å². The van der Waals surface area contributed by atoms with Crippen molar-refractivity contribution in [3.63, 3.8) is 0 Å². The summed E-state index contributed by atoms with van der Waals surface area (Å²) >= 11 is 0. The standard InChI is InChI=1S/C21H29N5O2S/c1-3-4-11-17-24-18-19(15-9-5-6-10-16(15)23-20(18)22)26(17)14-21(12-7-8-13-21)25-29(2,27)28/h5-6,9-10,25H,3-4,7-8,11-14H2,1-2H3,(H2,22,23). The van der Waals surface area contributed by atoms with Crippen LogP contribution in [0.2, 0.25) is 0 Å². The Labute approximate surface area is 171 Å². The molecule has 0 spiro atoms. The lowest BCUT2D eigenvalue weighted by Crippen LogP contribution is -2.49. The number of unbranched alkanes of at least 4 members (excludes halogenated alkanes) is 1. The second kappa shape index (κ2) is 7.57. The van der Waals surface area contributed by atoms with E-state index in [1.807, 2.05) is 24.3 Å². The van der Waals surface area contributed by atoms with Gasteiger partial charge < -0.3 is 10.3 Å². The molecule has 3 aromatic rings. The topological polar surface area (TPSA) is 103 Å². The van der Waals surface area contributed by atoms with Crippen LogP contribution in [-0.2, 0) is 23.0 Å². The molecule has 7 nitrogen and oxygen atoms in total. The normalized spacial score (nSPS) is 16.8. The van der Waals surface area contributed by atoms with Gasteiger partial charge in [0.05, 0.1) is 22.8 Å². The zero-order valence-electron chi connectivity index (χ0n) is 17.1. The van der Waals surface area contributed by atoms with Crippen LogP contribution in [0.4, 0.5) is 5.82 Å². The second-order valence-electron chi connectivity index (χ2n) is 8.29. The Bertz CT molecular complexity index is 1150. The van der Waals surface area contributed by atoms with E-state index in [0.29, 0.717) is 17.9 Å². The van der Waals surface area contributed by atoms with Crippen LogP contribution >= 0.6 is 0 Å². The van der Waals surface area contributed by atoms with Crippen molar-refractivity contribution < 1.29 is 8.42 Å². The van der Waals surface area contributed by atoms with Gasteiger partial charge in [-0.3, -0.25) is 0 Å². The molecule has 1 aliphatic carbocycles. The number of nitrogens with zero attached hydrogens (tertiary/aromatic N) is 3. The first kappa shape index (κ1) is 20.1. The zero-order chi connectivity index (χ0) is 20.6. The van der Waals surface area contributed by atoms with Gasteiger partial charge in [0.15, 0.2) is 5.82 Å². The van der Waals surface area contributed by atoms with Crippen molar-refractivity contribution in [2.45, 2.75) is 64.0 Å². The van der Waals surface area contributed by atoms with E-state index in [4.69, 9.17) is 10.7 Å². The molecule has 0 unspecified atom stereocenters. The number of hydrogen-bond donors (Lipinski definition) is 2. The molecule has 0 amide bonds. The Morgan fingerprint density at radius 3 is 2.62 bits per heavy atom. The van der Waals surface area contributed by atoms with Gasteiger partial charge in [-0.1, -0.05) is 44.4 Å². The number of anilines is 1. The Balaban J connectivity index is 1.93. The van der Waals surface area contributed by atoms with E-state index in [9.17, 15) is 8.42 Å². The maximum absolute atomic E-state index is 12.1. The van der Waals surface area contributed by atoms with Crippen LogP contribution in [-0.4, -0.2) is 34.7 Å². The summed E-state index contributed by atoms with van der Waals surface area (Å²) in [6.07, 6.45) is 7.83. The molecule has 0 aliphatic heterocycles. The molecule has 1 aliphatic rings. The molecular formula is C21H29N5O2S. The predicted molar refractivity (Wildman–Crippen MR) is 117 cm³/mol. The molecule has 2 aromatic heterocycles. The lowest BCUT2D eigenvalue weighted by molar-refractivity contribution is 0.335. The van der Waals surface area contributed by atoms with Gasteiger partial charge in [0.2, 0.25) is 10.0 Å². The molecule has 0 bridgehead atoms. The summed E-state index contributed by atoms with van der Waals surface area (Å²) in [5.41, 5.74) is 8.29. The van der Waals surface area contributed by atoms with Gasteiger partial charge in [-0.15, -0.1) is 0 Å². The van der Waals surface area contributed by atoms with Crippen LogP contribution < -0.4 is 10.5 Å². The quantitative estimate of drug-likeness (QED) is 0.616. The van der Waals surface area contributed by atoms with Gasteiger partial charge in [-0.2, -0.15) is 0 Å². The minimum Gasteiger partial charge on any atom is -0.382 e. The molecule has 0 radical (unpaired) electrons. The number of rotatable bonds is 7. The number of sulfonamides is 1. The van der Waals surface area contributed by atoms with E-state index >= 15 is 0 Å². The summed E-state index contributed by atoms with van der Waals surface area (Å²) in [6.45, 7) is 2.71. The molecule has 3 N–H and O–H groups in total. The van der Waals surface area contributed by atoms with E-state index in [2.05, 4.69) is 21.2 Å². The number of nitrogens with two attached hydrogens (primary N) is 1. The Kier molecular flexibility index (Phi) is 5.25. The summed E-state index contributed by atoms with van der Waals surface area (Å²) in [5, 5.41) is 0.999. The average molecular weight is 416 g/mol. The Morgan fingerprint density at radius 1 is 1.21 bits per heavy atom. The van der Waals surface area contributed by atoms with Crippen LogP contribution in [0.5, 0.6) is 0 Å². The molecule has 8 heteroatoms. The maximum atomic E-state index is 12.1. The first-order chi connectivity index (χ1) is 13.8. The molecular weight excluding hydrogens is 386 g/mol. The van der Waals surface area contributed by atoms with Gasteiger partial charge in [0.1, 0.15) is 11.3 Å². The summed E-state index contributed by atoms with van der Waals surface area (Å²) < 4.78 is 29.4. The second-order valence-corrected chi connectivity index (χ2v) is 10.0. The molecule has 2 heterocycles. The first-order valence-electron chi connectivity index (χ1n) is 10.3. The minimum atomic E-state index is -3.32. The molecule has 1 aromatic carbocycles. The van der Waals surface area contributed by atoms with Gasteiger partial charge >= 0.3 is 0 Å². The summed E-state index contributed by atoms with van der Waals surface area (Å²) in [7, 11) is -3.32. The number of nitrogen functional groups attached to an aromatic ring is 1. The number of para-hydroxylation sites is 1. The van der Waals surface area contributed by atoms with E-state index in [1.54, 1.807) is 0 Å². The highest BCUT2D eigenvalue weighted by Crippen LogP contribution is 2.36. The first-order valence-corrected chi connectivity index (χ1v) is 12.2. The Morgan fingerprint density at radius 2 is 1.93 bits per heavy atom. The number of imidazole rings is 1. The SMILES string of the molecule is CCCCc1nc2c(N)nc3ccccc3c2n1CC1(NS(C)(=O)=O)CCCC1. The van der Waals surface area contributed by atoms with E-state index in [0.717, 1.165) is 67.2 Å².